The lowest BCUT2D eigenvalue weighted by Gasteiger charge is -1.98. The van der Waals surface area contributed by atoms with E-state index in [1.807, 2.05) is 0 Å². The van der Waals surface area contributed by atoms with Gasteiger partial charge in [0.05, 0.1) is 7.11 Å². The Labute approximate surface area is 69.6 Å². The molecule has 0 atom stereocenters. The van der Waals surface area contributed by atoms with E-state index in [0.717, 1.165) is 0 Å². The third kappa shape index (κ3) is 1.55. The molecule has 2 nitrogen and oxygen atoms in total. The van der Waals surface area contributed by atoms with Crippen molar-refractivity contribution in [2.24, 2.45) is 0 Å². The van der Waals surface area contributed by atoms with E-state index in [0.29, 0.717) is 15.9 Å². The zero-order valence-electron chi connectivity index (χ0n) is 5.34. The summed E-state index contributed by atoms with van der Waals surface area (Å²) < 4.78 is 4.82. The molecule has 1 aromatic heterocycles. The smallest absolute Gasteiger partial charge is 0.214 e. The van der Waals surface area contributed by atoms with Gasteiger partial charge in [-0.3, -0.25) is 0 Å². The molecule has 0 N–H and O–H groups in total. The Morgan fingerprint density at radius 3 is 2.80 bits per heavy atom. The van der Waals surface area contributed by atoms with Gasteiger partial charge in [0.1, 0.15) is 5.15 Å². The van der Waals surface area contributed by atoms with Crippen LogP contribution in [0.2, 0.25) is 5.15 Å². The molecule has 0 fully saturated rings. The van der Waals surface area contributed by atoms with Gasteiger partial charge in [-0.25, -0.2) is 4.98 Å². The van der Waals surface area contributed by atoms with Crippen molar-refractivity contribution < 1.29 is 4.74 Å². The molecule has 0 aliphatic carbocycles. The monoisotopic (exact) mass is 175 g/mol. The summed E-state index contributed by atoms with van der Waals surface area (Å²) >= 11 is 9.66. The summed E-state index contributed by atoms with van der Waals surface area (Å²) in [7, 11) is 1.54. The van der Waals surface area contributed by atoms with Crippen molar-refractivity contribution in [3.63, 3.8) is 0 Å². The largest absolute Gasteiger partial charge is 0.481 e. The minimum Gasteiger partial charge on any atom is -0.481 e. The Hall–Kier alpha value is -0.410. The molecule has 0 amide bonds. The highest BCUT2D eigenvalue weighted by Crippen LogP contribution is 2.19. The van der Waals surface area contributed by atoms with Gasteiger partial charge in [-0.15, -0.1) is 12.6 Å². The normalized spacial score (nSPS) is 9.50. The van der Waals surface area contributed by atoms with Gasteiger partial charge in [0.25, 0.3) is 0 Å². The second-order valence-electron chi connectivity index (χ2n) is 1.66. The number of methoxy groups -OCH3 is 1. The standard InChI is InChI=1S/C6H6ClNOS/c1-9-5-3-2-4(10)6(7)8-5/h2-3,10H,1H3. The van der Waals surface area contributed by atoms with Crippen molar-refractivity contribution in [1.29, 1.82) is 0 Å². The first kappa shape index (κ1) is 7.69. The molecule has 1 aromatic rings. The van der Waals surface area contributed by atoms with Crippen molar-refractivity contribution in [2.45, 2.75) is 4.90 Å². The molecule has 0 aliphatic rings. The number of halogens is 1. The number of hydrogen-bond donors (Lipinski definition) is 1. The topological polar surface area (TPSA) is 22.1 Å². The highest BCUT2D eigenvalue weighted by molar-refractivity contribution is 7.80. The molecule has 54 valence electrons. The van der Waals surface area contributed by atoms with E-state index >= 15 is 0 Å². The maximum atomic E-state index is 5.63. The average Bonchev–Trinajstić information content (AvgIpc) is 1.95. The summed E-state index contributed by atoms with van der Waals surface area (Å²) in [6.07, 6.45) is 0. The minimum atomic E-state index is 0.364. The Morgan fingerprint density at radius 1 is 1.60 bits per heavy atom. The molecule has 0 saturated heterocycles. The predicted molar refractivity (Wildman–Crippen MR) is 43.1 cm³/mol. The molecule has 10 heavy (non-hydrogen) atoms. The van der Waals surface area contributed by atoms with Crippen LogP contribution < -0.4 is 4.74 Å². The highest BCUT2D eigenvalue weighted by atomic mass is 35.5. The second kappa shape index (κ2) is 3.12. The molecule has 0 saturated carbocycles. The molecule has 0 radical (unpaired) electrons. The number of hydrogen-bond acceptors (Lipinski definition) is 3. The van der Waals surface area contributed by atoms with Crippen LogP contribution >= 0.6 is 24.2 Å². The van der Waals surface area contributed by atoms with Crippen molar-refractivity contribution in [3.05, 3.63) is 17.3 Å². The van der Waals surface area contributed by atoms with Gasteiger partial charge in [-0.05, 0) is 6.07 Å². The number of thiol groups is 1. The van der Waals surface area contributed by atoms with Crippen LogP contribution in [0.4, 0.5) is 0 Å². The fourth-order valence-corrected chi connectivity index (χ4v) is 0.795. The highest BCUT2D eigenvalue weighted by Gasteiger charge is 1.97. The van der Waals surface area contributed by atoms with Crippen LogP contribution in [0, 0.1) is 0 Å². The van der Waals surface area contributed by atoms with Crippen LogP contribution in [0.3, 0.4) is 0 Å². The van der Waals surface area contributed by atoms with E-state index in [4.69, 9.17) is 16.3 Å². The zero-order valence-corrected chi connectivity index (χ0v) is 6.99. The first-order valence-electron chi connectivity index (χ1n) is 2.63. The summed E-state index contributed by atoms with van der Waals surface area (Å²) in [6.45, 7) is 0. The van der Waals surface area contributed by atoms with Gasteiger partial charge in [0.2, 0.25) is 5.88 Å². The SMILES string of the molecule is COc1ccc(S)c(Cl)n1. The third-order valence-electron chi connectivity index (χ3n) is 1.01. The van der Waals surface area contributed by atoms with E-state index in [-0.39, 0.29) is 0 Å². The van der Waals surface area contributed by atoms with Gasteiger partial charge in [-0.2, -0.15) is 0 Å². The van der Waals surface area contributed by atoms with Crippen LogP contribution in [-0.4, -0.2) is 12.1 Å². The maximum absolute atomic E-state index is 5.63. The Bertz CT molecular complexity index is 241. The lowest BCUT2D eigenvalue weighted by Crippen LogP contribution is -1.86. The molecule has 0 bridgehead atoms. The minimum absolute atomic E-state index is 0.364. The first-order valence-corrected chi connectivity index (χ1v) is 3.46. The van der Waals surface area contributed by atoms with Crippen LogP contribution in [0.25, 0.3) is 0 Å². The van der Waals surface area contributed by atoms with Crippen LogP contribution in [-0.2, 0) is 0 Å². The van der Waals surface area contributed by atoms with Gasteiger partial charge in [-0.1, -0.05) is 11.6 Å². The fourth-order valence-electron chi connectivity index (χ4n) is 0.524. The van der Waals surface area contributed by atoms with Gasteiger partial charge in [0, 0.05) is 11.0 Å². The summed E-state index contributed by atoms with van der Waals surface area (Å²) in [4.78, 5) is 4.51. The van der Waals surface area contributed by atoms with Gasteiger partial charge in [0.15, 0.2) is 0 Å². The molecule has 4 heteroatoms. The number of ether oxygens (including phenoxy) is 1. The number of nitrogens with zero attached hydrogens (tertiary/aromatic N) is 1. The molecule has 0 aliphatic heterocycles. The van der Waals surface area contributed by atoms with E-state index in [9.17, 15) is 0 Å². The molecule has 0 spiro atoms. The summed E-state index contributed by atoms with van der Waals surface area (Å²) in [5.74, 6) is 0.503. The molecule has 0 unspecified atom stereocenters. The average molecular weight is 176 g/mol. The van der Waals surface area contributed by atoms with E-state index in [1.54, 1.807) is 12.1 Å². The second-order valence-corrected chi connectivity index (χ2v) is 2.50. The molecular formula is C6H6ClNOS. The Kier molecular flexibility index (Phi) is 2.40. The van der Waals surface area contributed by atoms with E-state index < -0.39 is 0 Å². The summed E-state index contributed by atoms with van der Waals surface area (Å²) in [5.41, 5.74) is 0. The third-order valence-corrected chi connectivity index (χ3v) is 1.79. The maximum Gasteiger partial charge on any atom is 0.214 e. The van der Waals surface area contributed by atoms with Gasteiger partial charge < -0.3 is 4.74 Å². The van der Waals surface area contributed by atoms with Crippen LogP contribution in [0.15, 0.2) is 17.0 Å². The Balaban J connectivity index is 3.04. The summed E-state index contributed by atoms with van der Waals surface area (Å²) in [5, 5.41) is 0.364. The lowest BCUT2D eigenvalue weighted by atomic mass is 10.5. The first-order chi connectivity index (χ1) is 4.74. The predicted octanol–water partition coefficient (Wildman–Crippen LogP) is 2.03. The van der Waals surface area contributed by atoms with Crippen molar-refractivity contribution >= 4 is 24.2 Å². The number of rotatable bonds is 1. The quantitative estimate of drug-likeness (QED) is 0.521. The number of pyridine rings is 1. The lowest BCUT2D eigenvalue weighted by molar-refractivity contribution is 0.397. The number of aromatic nitrogens is 1. The van der Waals surface area contributed by atoms with E-state index in [1.165, 1.54) is 7.11 Å². The summed E-state index contributed by atoms with van der Waals surface area (Å²) in [6, 6.07) is 3.44. The van der Waals surface area contributed by atoms with Crippen molar-refractivity contribution in [2.75, 3.05) is 7.11 Å². The Morgan fingerprint density at radius 2 is 2.30 bits per heavy atom. The molecular weight excluding hydrogens is 170 g/mol. The zero-order chi connectivity index (χ0) is 7.56. The molecule has 0 aromatic carbocycles. The van der Waals surface area contributed by atoms with E-state index in [2.05, 4.69) is 17.6 Å². The van der Waals surface area contributed by atoms with Gasteiger partial charge >= 0.3 is 0 Å². The van der Waals surface area contributed by atoms with Crippen LogP contribution in [0.1, 0.15) is 0 Å². The van der Waals surface area contributed by atoms with Crippen LogP contribution in [0.5, 0.6) is 5.88 Å². The molecule has 1 heterocycles. The molecule has 1 rings (SSSR count). The fraction of sp³-hybridized carbons (Fsp3) is 0.167. The van der Waals surface area contributed by atoms with Crippen molar-refractivity contribution in [1.82, 2.24) is 4.98 Å². The van der Waals surface area contributed by atoms with Crippen molar-refractivity contribution in [3.8, 4) is 5.88 Å².